The maximum Gasteiger partial charge on any atom is 0.256 e. The van der Waals surface area contributed by atoms with Gasteiger partial charge >= 0.3 is 0 Å². The number of aromatic hydroxyl groups is 1. The maximum atomic E-state index is 15.0. The van der Waals surface area contributed by atoms with Gasteiger partial charge in [0.2, 0.25) is 0 Å². The third-order valence-electron chi connectivity index (χ3n) is 6.88. The number of pyridine rings is 2. The number of fused-ring (bicyclic) bond motifs is 4. The Morgan fingerprint density at radius 3 is 2.42 bits per heavy atom. The van der Waals surface area contributed by atoms with Crippen LogP contribution in [0.1, 0.15) is 20.8 Å². The first kappa shape index (κ1) is 19.7. The molecule has 158 valence electrons. The third-order valence-corrected chi connectivity index (χ3v) is 12.1. The van der Waals surface area contributed by atoms with Gasteiger partial charge in [-0.1, -0.05) is 33.9 Å². The number of rotatable bonds is 1. The Bertz CT molecular complexity index is 1660. The van der Waals surface area contributed by atoms with E-state index in [0.717, 1.165) is 6.20 Å². The molecule has 5 aromatic rings. The van der Waals surface area contributed by atoms with E-state index in [1.54, 1.807) is 18.2 Å². The molecule has 0 bridgehead atoms. The topological polar surface area (TPSA) is 88.0 Å². The van der Waals surface area contributed by atoms with Crippen LogP contribution in [0.25, 0.3) is 43.5 Å². The number of nitrogens with one attached hydrogen (secondary N) is 1. The zero-order valence-electron chi connectivity index (χ0n) is 17.9. The number of H-pyrrole nitrogens is 1. The van der Waals surface area contributed by atoms with E-state index in [9.17, 15) is 19.1 Å². The average molecular weight is 436 g/mol. The number of aromatic amines is 1. The number of benzene rings is 2. The lowest BCUT2D eigenvalue weighted by atomic mass is 10.0. The number of phenolic OH excluding ortho intramolecular Hbond substituents is 1. The summed E-state index contributed by atoms with van der Waals surface area (Å²) in [6.07, 6.45) is 1.15. The molecule has 31 heavy (non-hydrogen) atoms. The van der Waals surface area contributed by atoms with Crippen LogP contribution in [-0.4, -0.2) is 27.5 Å². The molecule has 8 heteroatoms. The summed E-state index contributed by atoms with van der Waals surface area (Å²) in [7, 11) is -2.65. The molecule has 0 saturated carbocycles. The predicted octanol–water partition coefficient (Wildman–Crippen LogP) is 4.68. The second-order valence-corrected chi connectivity index (χ2v) is 14.7. The number of aromatic nitrogens is 3. The number of nitrogens with zero attached hydrogens (tertiary/aromatic N) is 2. The lowest BCUT2D eigenvalue weighted by molar-refractivity contribution is 0.476. The number of phenols is 1. The first-order valence-corrected chi connectivity index (χ1v) is 13.0. The SMILES string of the molecule is CC(C)(C)[Si](C)(C)n1c(=O)c2cc3c4cc(O)ccc4nc3c3[nH]cc(F)c(c1=O)c23. The van der Waals surface area contributed by atoms with Gasteiger partial charge in [-0.3, -0.25) is 9.59 Å². The molecule has 0 radical (unpaired) electrons. The minimum Gasteiger partial charge on any atom is -0.508 e. The molecular formula is C23H22FN3O3Si. The van der Waals surface area contributed by atoms with Crippen molar-refractivity contribution in [1.82, 2.24) is 14.2 Å². The number of halogens is 1. The molecule has 2 aromatic carbocycles. The monoisotopic (exact) mass is 435 g/mol. The quantitative estimate of drug-likeness (QED) is 0.374. The van der Waals surface area contributed by atoms with Crippen molar-refractivity contribution in [1.29, 1.82) is 0 Å². The fraction of sp³-hybridized carbons (Fsp3) is 0.261. The minimum atomic E-state index is -2.65. The molecule has 0 spiro atoms. The van der Waals surface area contributed by atoms with Crippen molar-refractivity contribution in [3.8, 4) is 5.75 Å². The van der Waals surface area contributed by atoms with E-state index in [0.29, 0.717) is 27.3 Å². The van der Waals surface area contributed by atoms with Crippen LogP contribution in [0.15, 0.2) is 40.1 Å². The molecule has 0 aliphatic rings. The van der Waals surface area contributed by atoms with Crippen LogP contribution in [-0.2, 0) is 0 Å². The molecule has 5 rings (SSSR count). The van der Waals surface area contributed by atoms with Gasteiger partial charge in [0.15, 0.2) is 14.1 Å². The lowest BCUT2D eigenvalue weighted by Gasteiger charge is -2.37. The summed E-state index contributed by atoms with van der Waals surface area (Å²) in [6.45, 7) is 9.91. The highest BCUT2D eigenvalue weighted by Gasteiger charge is 2.41. The van der Waals surface area contributed by atoms with E-state index in [-0.39, 0.29) is 26.9 Å². The van der Waals surface area contributed by atoms with Gasteiger partial charge in [0.05, 0.1) is 27.3 Å². The second-order valence-electron chi connectivity index (χ2n) is 9.65. The Morgan fingerprint density at radius 2 is 1.74 bits per heavy atom. The van der Waals surface area contributed by atoms with Crippen LogP contribution in [0.5, 0.6) is 5.75 Å². The summed E-state index contributed by atoms with van der Waals surface area (Å²) in [6, 6.07) is 6.50. The normalized spacial score (nSPS) is 13.2. The van der Waals surface area contributed by atoms with Crippen molar-refractivity contribution in [3.05, 3.63) is 57.0 Å². The lowest BCUT2D eigenvalue weighted by Crippen LogP contribution is -2.56. The standard InChI is InChI=1S/C23H22FN3O3Si/c1-23(2,3)31(4,5)27-21(29)14-9-13-12-8-11(28)6-7-16(12)26-19(13)20-17(14)18(22(27)30)15(24)10-25-20/h6-10,25,28H,1-5H3. The average Bonchev–Trinajstić information content (AvgIpc) is 3.03. The molecule has 6 nitrogen and oxygen atoms in total. The van der Waals surface area contributed by atoms with E-state index >= 15 is 0 Å². The van der Waals surface area contributed by atoms with Crippen molar-refractivity contribution in [3.63, 3.8) is 0 Å². The minimum absolute atomic E-state index is 0.0868. The fourth-order valence-corrected chi connectivity index (χ4v) is 6.14. The zero-order valence-corrected chi connectivity index (χ0v) is 18.9. The molecule has 0 atom stereocenters. The zero-order chi connectivity index (χ0) is 22.5. The van der Waals surface area contributed by atoms with Gasteiger partial charge in [-0.25, -0.2) is 9.37 Å². The number of hydrogen-bond donors (Lipinski definition) is 2. The van der Waals surface area contributed by atoms with Crippen LogP contribution < -0.4 is 11.1 Å². The molecular weight excluding hydrogens is 413 g/mol. The van der Waals surface area contributed by atoms with Crippen molar-refractivity contribution in [2.75, 3.05) is 0 Å². The number of hydrogen-bond acceptors (Lipinski definition) is 4. The second kappa shape index (κ2) is 5.91. The van der Waals surface area contributed by atoms with Crippen molar-refractivity contribution in [2.24, 2.45) is 0 Å². The molecule has 3 aromatic heterocycles. The molecule has 3 heterocycles. The van der Waals surface area contributed by atoms with Gasteiger partial charge < -0.3 is 14.3 Å². The first-order chi connectivity index (χ1) is 14.4. The van der Waals surface area contributed by atoms with Crippen LogP contribution in [0.4, 0.5) is 4.39 Å². The van der Waals surface area contributed by atoms with Gasteiger partial charge in [-0.15, -0.1) is 0 Å². The molecule has 0 unspecified atom stereocenters. The summed E-state index contributed by atoms with van der Waals surface area (Å²) in [4.78, 5) is 34.8. The molecule has 0 amide bonds. The van der Waals surface area contributed by atoms with Crippen molar-refractivity contribution in [2.45, 2.75) is 38.9 Å². The van der Waals surface area contributed by atoms with Crippen LogP contribution in [0.2, 0.25) is 18.1 Å². The molecule has 0 fully saturated rings. The van der Waals surface area contributed by atoms with Crippen LogP contribution in [0, 0.1) is 5.82 Å². The van der Waals surface area contributed by atoms with Gasteiger partial charge in [-0.2, -0.15) is 0 Å². The smallest absolute Gasteiger partial charge is 0.256 e. The summed E-state index contributed by atoms with van der Waals surface area (Å²) in [5.74, 6) is -0.605. The Morgan fingerprint density at radius 1 is 1.03 bits per heavy atom. The summed E-state index contributed by atoms with van der Waals surface area (Å²) in [5.41, 5.74) is 0.612. The van der Waals surface area contributed by atoms with E-state index in [1.165, 1.54) is 10.3 Å². The molecule has 0 aliphatic heterocycles. The highest BCUT2D eigenvalue weighted by Crippen LogP contribution is 2.38. The highest BCUT2D eigenvalue weighted by atomic mass is 28.3. The van der Waals surface area contributed by atoms with Gasteiger partial charge in [0, 0.05) is 22.4 Å². The summed E-state index contributed by atoms with van der Waals surface area (Å²) < 4.78 is 16.3. The van der Waals surface area contributed by atoms with Crippen molar-refractivity contribution >= 4 is 51.7 Å². The Labute approximate surface area is 177 Å². The van der Waals surface area contributed by atoms with E-state index in [4.69, 9.17) is 0 Å². The largest absolute Gasteiger partial charge is 0.508 e. The summed E-state index contributed by atoms with van der Waals surface area (Å²) in [5, 5.41) is 11.5. The third kappa shape index (κ3) is 2.45. The Balaban J connectivity index is 2.11. The van der Waals surface area contributed by atoms with Crippen molar-refractivity contribution < 1.29 is 9.50 Å². The summed E-state index contributed by atoms with van der Waals surface area (Å²) >= 11 is 0. The van der Waals surface area contributed by atoms with Crippen LogP contribution in [0.3, 0.4) is 0 Å². The maximum absolute atomic E-state index is 15.0. The van der Waals surface area contributed by atoms with Crippen LogP contribution >= 0.6 is 0 Å². The van der Waals surface area contributed by atoms with E-state index in [2.05, 4.69) is 9.97 Å². The first-order valence-electron chi connectivity index (χ1n) is 10.1. The van der Waals surface area contributed by atoms with Gasteiger partial charge in [-0.05, 0) is 29.3 Å². The Kier molecular flexibility index (Phi) is 3.75. The van der Waals surface area contributed by atoms with Gasteiger partial charge in [0.1, 0.15) is 5.75 Å². The molecule has 0 aliphatic carbocycles. The van der Waals surface area contributed by atoms with E-state index in [1.807, 2.05) is 33.9 Å². The highest BCUT2D eigenvalue weighted by molar-refractivity contribution is 6.78. The fourth-order valence-electron chi connectivity index (χ4n) is 4.22. The Hall–Kier alpha value is -3.26. The molecule has 0 saturated heterocycles. The molecule has 2 N–H and O–H groups in total. The predicted molar refractivity (Wildman–Crippen MR) is 125 cm³/mol. The van der Waals surface area contributed by atoms with E-state index < -0.39 is 25.2 Å². The van der Waals surface area contributed by atoms with Gasteiger partial charge in [0.25, 0.3) is 11.1 Å².